The average Bonchev–Trinajstić information content (AvgIpc) is 0.754. The number of phosphoric acid groups is 1. The van der Waals surface area contributed by atoms with E-state index in [2.05, 4.69) is 52.0 Å². The van der Waals surface area contributed by atoms with Crippen molar-refractivity contribution in [2.45, 2.75) is 479 Å². The number of rotatable bonds is 72. The molecule has 1 saturated carbocycles. The van der Waals surface area contributed by atoms with Crippen molar-refractivity contribution in [3.05, 3.63) is 24.3 Å². The van der Waals surface area contributed by atoms with Gasteiger partial charge in [-0.2, -0.15) is 0 Å². The van der Waals surface area contributed by atoms with Crippen LogP contribution in [0.1, 0.15) is 374 Å². The highest BCUT2D eigenvalue weighted by Gasteiger charge is 2.60. The molecule has 662 valence electrons. The number of carbonyl (C=O) groups is 4. The Bertz CT molecular complexity index is 2460. The molecule has 0 aromatic rings. The molecule has 0 spiro atoms. The van der Waals surface area contributed by atoms with Gasteiger partial charge in [-0.1, -0.05) is 296 Å². The molecule has 0 aromatic heterocycles. The molecule has 113 heavy (non-hydrogen) atoms. The summed E-state index contributed by atoms with van der Waals surface area (Å²) in [7, 11) is -5.80. The maximum absolute atomic E-state index is 14.9. The van der Waals surface area contributed by atoms with Crippen LogP contribution in [0.5, 0.6) is 0 Å². The van der Waals surface area contributed by atoms with Crippen LogP contribution in [0.15, 0.2) is 24.3 Å². The molecule has 26 heteroatoms. The molecule has 18 atom stereocenters. The van der Waals surface area contributed by atoms with Gasteiger partial charge in [0.15, 0.2) is 24.8 Å². The van der Waals surface area contributed by atoms with Gasteiger partial charge in [-0.25, -0.2) is 4.57 Å². The Morgan fingerprint density at radius 3 is 1.07 bits per heavy atom. The maximum atomic E-state index is 14.9. The number of aliphatic hydroxyl groups excluding tert-OH is 9. The third-order valence-electron chi connectivity index (χ3n) is 21.9. The highest BCUT2D eigenvalue weighted by atomic mass is 31.2. The molecule has 18 unspecified atom stereocenters. The quantitative estimate of drug-likeness (QED) is 0.00889. The first-order valence-electron chi connectivity index (χ1n) is 45.1. The van der Waals surface area contributed by atoms with Gasteiger partial charge in [-0.05, 0) is 77.0 Å². The highest BCUT2D eigenvalue weighted by Crippen LogP contribution is 2.49. The second kappa shape index (κ2) is 66.7. The zero-order valence-electron chi connectivity index (χ0n) is 70.2. The van der Waals surface area contributed by atoms with Crippen molar-refractivity contribution >= 4 is 31.7 Å². The van der Waals surface area contributed by atoms with E-state index in [-0.39, 0.29) is 25.7 Å². The van der Waals surface area contributed by atoms with Gasteiger partial charge in [0.2, 0.25) is 0 Å². The third kappa shape index (κ3) is 47.5. The topological polar surface area (TPSA) is 380 Å². The molecule has 0 radical (unpaired) electrons. The fourth-order valence-corrected chi connectivity index (χ4v) is 15.7. The molecule has 3 fully saturated rings. The van der Waals surface area contributed by atoms with Gasteiger partial charge >= 0.3 is 31.7 Å². The van der Waals surface area contributed by atoms with Crippen molar-refractivity contribution in [2.75, 3.05) is 26.4 Å². The molecule has 2 aliphatic heterocycles. The van der Waals surface area contributed by atoms with Gasteiger partial charge in [0.25, 0.3) is 0 Å². The van der Waals surface area contributed by atoms with Gasteiger partial charge in [0, 0.05) is 25.7 Å². The van der Waals surface area contributed by atoms with Gasteiger partial charge in [-0.15, -0.1) is 0 Å². The Morgan fingerprint density at radius 2 is 0.664 bits per heavy atom. The molecule has 3 rings (SSSR count). The van der Waals surface area contributed by atoms with E-state index < -0.39 is 162 Å². The van der Waals surface area contributed by atoms with E-state index in [1.165, 1.54) is 141 Å². The summed E-state index contributed by atoms with van der Waals surface area (Å²) >= 11 is 0. The van der Waals surface area contributed by atoms with Crippen molar-refractivity contribution in [1.82, 2.24) is 0 Å². The van der Waals surface area contributed by atoms with Crippen molar-refractivity contribution in [3.63, 3.8) is 0 Å². The maximum Gasteiger partial charge on any atom is 0.472 e. The summed E-state index contributed by atoms with van der Waals surface area (Å²) in [4.78, 5) is 66.2. The molecule has 0 bridgehead atoms. The van der Waals surface area contributed by atoms with E-state index in [1.807, 2.05) is 0 Å². The zero-order chi connectivity index (χ0) is 82.5. The van der Waals surface area contributed by atoms with Crippen LogP contribution in [0, 0.1) is 0 Å². The summed E-state index contributed by atoms with van der Waals surface area (Å²) < 4.78 is 73.2. The van der Waals surface area contributed by atoms with Crippen LogP contribution in [0.2, 0.25) is 0 Å². The Hall–Kier alpha value is -3.05. The first-order valence-corrected chi connectivity index (χ1v) is 46.6. The predicted molar refractivity (Wildman–Crippen MR) is 435 cm³/mol. The molecule has 0 amide bonds. The van der Waals surface area contributed by atoms with E-state index in [9.17, 15) is 74.6 Å². The molecule has 2 saturated heterocycles. The summed E-state index contributed by atoms with van der Waals surface area (Å²) in [6.45, 7) is 5.53. The fourth-order valence-electron chi connectivity index (χ4n) is 14.7. The van der Waals surface area contributed by atoms with Crippen LogP contribution in [-0.2, 0) is 70.7 Å². The number of unbranched alkanes of at least 4 members (excludes halogenated alkanes) is 44. The number of hydrogen-bond acceptors (Lipinski definition) is 24. The standard InChI is InChI=1S/C87H159O25P/c1-5-9-13-17-21-25-29-33-34-38-40-44-48-52-56-60-71(90)104-66-69-75(94)77(96)81(100)87(108-69)111-84-82(109-73(92)62-58-54-50-46-42-37-32-28-24-20-16-12-8-4)78(97)79(98)83(110-86-80(99)76(95)74(93)68(63-88)107-86)85(84)112-113(101,102)105-65-67(106-72(91)61-57-53-49-45-41-36-31-27-23-19-15-11-7-3)64-103-70(89)59-55-51-47-43-39-35-30-26-22-18-14-10-6-2/h25,29,36,41,67-69,74-88,93-100H,5-24,26-28,30-35,37-40,42-66H2,1-4H3,(H,101,102)/b29-25-,41-36-. The largest absolute Gasteiger partial charge is 0.472 e. The minimum Gasteiger partial charge on any atom is -0.463 e. The van der Waals surface area contributed by atoms with E-state index >= 15 is 0 Å². The number of phosphoric ester groups is 1. The third-order valence-corrected chi connectivity index (χ3v) is 22.9. The Morgan fingerprint density at radius 1 is 0.345 bits per heavy atom. The van der Waals surface area contributed by atoms with Crippen LogP contribution >= 0.6 is 7.82 Å². The van der Waals surface area contributed by atoms with Gasteiger partial charge in [-0.3, -0.25) is 28.2 Å². The molecular weight excluding hydrogens is 1480 g/mol. The normalized spacial score (nSPS) is 25.6. The lowest BCUT2D eigenvalue weighted by Crippen LogP contribution is -2.70. The number of ether oxygens (including phenoxy) is 8. The summed E-state index contributed by atoms with van der Waals surface area (Å²) in [5.74, 6) is -2.99. The zero-order valence-corrected chi connectivity index (χ0v) is 71.1. The minimum absolute atomic E-state index is 0.00923. The highest BCUT2D eigenvalue weighted by molar-refractivity contribution is 7.47. The van der Waals surface area contributed by atoms with Crippen LogP contribution in [0.3, 0.4) is 0 Å². The second-order valence-corrected chi connectivity index (χ2v) is 33.5. The molecule has 2 heterocycles. The molecule has 10 N–H and O–H groups in total. The van der Waals surface area contributed by atoms with Crippen molar-refractivity contribution < 1.29 is 122 Å². The molecule has 0 aromatic carbocycles. The first-order chi connectivity index (χ1) is 54.7. The van der Waals surface area contributed by atoms with Crippen molar-refractivity contribution in [3.8, 4) is 0 Å². The van der Waals surface area contributed by atoms with E-state index in [1.54, 1.807) is 0 Å². The Kier molecular flexibility index (Phi) is 61.5. The van der Waals surface area contributed by atoms with Gasteiger partial charge in [0.1, 0.15) is 92.6 Å². The predicted octanol–water partition coefficient (Wildman–Crippen LogP) is 15.8. The Labute approximate surface area is 679 Å². The number of carbonyl (C=O) groups excluding carboxylic acids is 4. The van der Waals surface area contributed by atoms with Crippen LogP contribution in [-0.4, -0.2) is 205 Å². The summed E-state index contributed by atoms with van der Waals surface area (Å²) in [5, 5.41) is 102. The molecular formula is C87H159O25P. The number of allylic oxidation sites excluding steroid dienone is 4. The molecule has 3 aliphatic rings. The monoisotopic (exact) mass is 1640 g/mol. The van der Waals surface area contributed by atoms with Crippen LogP contribution in [0.4, 0.5) is 0 Å². The van der Waals surface area contributed by atoms with Crippen LogP contribution < -0.4 is 0 Å². The molecule has 25 nitrogen and oxygen atoms in total. The number of esters is 4. The lowest BCUT2D eigenvalue weighted by Gasteiger charge is -2.50. The fraction of sp³-hybridized carbons (Fsp3) is 0.908. The smallest absolute Gasteiger partial charge is 0.463 e. The van der Waals surface area contributed by atoms with Gasteiger partial charge < -0.3 is 88.7 Å². The van der Waals surface area contributed by atoms with E-state index in [0.29, 0.717) is 38.5 Å². The Balaban J connectivity index is 1.93. The molecule has 1 aliphatic carbocycles. The summed E-state index contributed by atoms with van der Waals surface area (Å²) in [5.41, 5.74) is 0. The number of aliphatic hydroxyl groups is 9. The number of hydrogen-bond donors (Lipinski definition) is 10. The summed E-state index contributed by atoms with van der Waals surface area (Å²) in [6, 6.07) is 0. The SMILES string of the molecule is CCCCCC/C=C\CCCCCCCCCC(=O)OCC1OC(OC2C(OC(=O)CCCCCCCCCCCCCCC)C(O)C(O)C(OC3OC(CO)C(O)C(O)C3O)C2OP(=O)(O)OCC(COC(=O)CCCCCCCCCCCCCCC)OC(=O)CCCCC/C=C\CCCCCCCC)C(O)C(O)C1O. The van der Waals surface area contributed by atoms with Gasteiger partial charge in [0.05, 0.1) is 13.2 Å². The lowest BCUT2D eigenvalue weighted by atomic mass is 9.84. The van der Waals surface area contributed by atoms with E-state index in [4.69, 9.17) is 46.9 Å². The van der Waals surface area contributed by atoms with Crippen LogP contribution in [0.25, 0.3) is 0 Å². The second-order valence-electron chi connectivity index (χ2n) is 32.1. The lowest BCUT2D eigenvalue weighted by molar-refractivity contribution is -0.360. The summed E-state index contributed by atoms with van der Waals surface area (Å²) in [6.07, 6.45) is 24.9. The van der Waals surface area contributed by atoms with E-state index in [0.717, 1.165) is 141 Å². The van der Waals surface area contributed by atoms with Crippen molar-refractivity contribution in [1.29, 1.82) is 0 Å². The average molecular weight is 1640 g/mol. The van der Waals surface area contributed by atoms with Crippen molar-refractivity contribution in [2.24, 2.45) is 0 Å². The minimum atomic E-state index is -5.80. The first kappa shape index (κ1) is 104.